The number of halogens is 2. The van der Waals surface area contributed by atoms with Gasteiger partial charge >= 0.3 is 0 Å². The third-order valence-corrected chi connectivity index (χ3v) is 7.91. The van der Waals surface area contributed by atoms with Gasteiger partial charge in [0.1, 0.15) is 12.6 Å². The molecule has 0 saturated carbocycles. The van der Waals surface area contributed by atoms with Gasteiger partial charge in [0.05, 0.1) is 22.0 Å². The molecule has 0 fully saturated rings. The third-order valence-electron chi connectivity index (χ3n) is 5.97. The Morgan fingerprint density at radius 2 is 1.58 bits per heavy atom. The second-order valence-electron chi connectivity index (χ2n) is 8.95. The number of carbonyl (C=O) groups is 2. The first kappa shape index (κ1) is 29.5. The Kier molecular flexibility index (Phi) is 10.2. The molecule has 10 heteroatoms. The highest BCUT2D eigenvalue weighted by Gasteiger charge is 2.33. The number of likely N-dealkylation sites (N-methyl/N-ethyl adjacent to an activating group) is 1. The molecule has 0 aliphatic heterocycles. The van der Waals surface area contributed by atoms with Gasteiger partial charge in [-0.1, -0.05) is 89.4 Å². The normalized spacial score (nSPS) is 12.0. The van der Waals surface area contributed by atoms with E-state index in [0.717, 1.165) is 27.3 Å². The van der Waals surface area contributed by atoms with E-state index in [1.807, 2.05) is 61.5 Å². The van der Waals surface area contributed by atoms with Crippen LogP contribution in [0.25, 0.3) is 0 Å². The van der Waals surface area contributed by atoms with Crippen molar-refractivity contribution in [2.45, 2.75) is 32.9 Å². The molecule has 0 aliphatic rings. The maximum atomic E-state index is 13.9. The number of hydrogen-bond donors (Lipinski definition) is 1. The summed E-state index contributed by atoms with van der Waals surface area (Å²) in [7, 11) is -3.94. The van der Waals surface area contributed by atoms with Crippen molar-refractivity contribution in [3.8, 4) is 0 Å². The molecule has 2 amide bonds. The first-order valence-corrected chi connectivity index (χ1v) is 14.7. The Bertz CT molecular complexity index is 1370. The van der Waals surface area contributed by atoms with Gasteiger partial charge < -0.3 is 10.2 Å². The third kappa shape index (κ3) is 7.72. The average Bonchev–Trinajstić information content (AvgIpc) is 2.87. The number of benzene rings is 3. The smallest absolute Gasteiger partial charge is 0.244 e. The Labute approximate surface area is 234 Å². The number of nitrogens with zero attached hydrogens (tertiary/aromatic N) is 2. The summed E-state index contributed by atoms with van der Waals surface area (Å²) in [6, 6.07) is 20.7. The van der Waals surface area contributed by atoms with E-state index in [4.69, 9.17) is 23.2 Å². The lowest BCUT2D eigenvalue weighted by atomic mass is 10.0. The summed E-state index contributed by atoms with van der Waals surface area (Å²) in [6.07, 6.45) is 1.24. The maximum Gasteiger partial charge on any atom is 0.244 e. The molecule has 202 valence electrons. The summed E-state index contributed by atoms with van der Waals surface area (Å²) >= 11 is 12.5. The van der Waals surface area contributed by atoms with Crippen LogP contribution in [0.4, 0.5) is 5.69 Å². The highest BCUT2D eigenvalue weighted by Crippen LogP contribution is 2.33. The predicted octanol–water partition coefficient (Wildman–Crippen LogP) is 4.84. The van der Waals surface area contributed by atoms with Crippen LogP contribution in [0.1, 0.15) is 23.6 Å². The molecule has 1 atom stereocenters. The van der Waals surface area contributed by atoms with Crippen molar-refractivity contribution >= 4 is 50.7 Å². The molecule has 0 saturated heterocycles. The van der Waals surface area contributed by atoms with Crippen LogP contribution in [-0.2, 0) is 32.6 Å². The second kappa shape index (κ2) is 13.1. The van der Waals surface area contributed by atoms with Crippen LogP contribution in [0.15, 0.2) is 72.8 Å². The lowest BCUT2D eigenvalue weighted by molar-refractivity contribution is -0.140. The minimum absolute atomic E-state index is 0.0158. The first-order chi connectivity index (χ1) is 18.0. The Morgan fingerprint density at radius 1 is 0.921 bits per heavy atom. The van der Waals surface area contributed by atoms with Crippen molar-refractivity contribution < 1.29 is 18.0 Å². The Hall–Kier alpha value is -3.07. The molecule has 0 radical (unpaired) electrons. The summed E-state index contributed by atoms with van der Waals surface area (Å²) in [4.78, 5) is 28.7. The molecule has 0 spiro atoms. The minimum atomic E-state index is -3.94. The van der Waals surface area contributed by atoms with Gasteiger partial charge in [-0.3, -0.25) is 13.9 Å². The first-order valence-electron chi connectivity index (χ1n) is 12.1. The summed E-state index contributed by atoms with van der Waals surface area (Å²) in [5.74, 6) is -0.886. The van der Waals surface area contributed by atoms with E-state index >= 15 is 0 Å². The van der Waals surface area contributed by atoms with Gasteiger partial charge in [-0.25, -0.2) is 8.42 Å². The zero-order chi connectivity index (χ0) is 27.9. The van der Waals surface area contributed by atoms with Crippen LogP contribution in [0.2, 0.25) is 10.0 Å². The van der Waals surface area contributed by atoms with E-state index in [-0.39, 0.29) is 34.6 Å². The van der Waals surface area contributed by atoms with E-state index in [0.29, 0.717) is 6.54 Å². The van der Waals surface area contributed by atoms with Gasteiger partial charge in [0.15, 0.2) is 0 Å². The van der Waals surface area contributed by atoms with Gasteiger partial charge in [-0.15, -0.1) is 0 Å². The van der Waals surface area contributed by atoms with Crippen LogP contribution in [0, 0.1) is 6.92 Å². The average molecular weight is 577 g/mol. The van der Waals surface area contributed by atoms with Crippen LogP contribution >= 0.6 is 23.2 Å². The van der Waals surface area contributed by atoms with Crippen molar-refractivity contribution in [2.24, 2.45) is 0 Å². The van der Waals surface area contributed by atoms with Crippen molar-refractivity contribution in [2.75, 3.05) is 23.7 Å². The number of sulfonamides is 1. The van der Waals surface area contributed by atoms with Crippen molar-refractivity contribution in [1.82, 2.24) is 10.2 Å². The van der Waals surface area contributed by atoms with Gasteiger partial charge in [0, 0.05) is 19.5 Å². The van der Waals surface area contributed by atoms with Crippen LogP contribution in [-0.4, -0.2) is 50.5 Å². The molecular weight excluding hydrogens is 545 g/mol. The molecule has 3 aromatic carbocycles. The zero-order valence-electron chi connectivity index (χ0n) is 21.5. The van der Waals surface area contributed by atoms with Gasteiger partial charge in [0.2, 0.25) is 21.8 Å². The number of aryl methyl sites for hydroxylation is 1. The molecule has 0 bridgehead atoms. The zero-order valence-corrected chi connectivity index (χ0v) is 23.9. The van der Waals surface area contributed by atoms with E-state index in [2.05, 4.69) is 5.32 Å². The van der Waals surface area contributed by atoms with Gasteiger partial charge in [-0.05, 0) is 37.1 Å². The SMILES string of the molecule is CCNC(=O)[C@H](Cc1ccccc1)N(Cc1ccc(C)cc1)C(=O)CN(c1cccc(Cl)c1Cl)S(C)(=O)=O. The lowest BCUT2D eigenvalue weighted by Gasteiger charge is -2.33. The molecule has 38 heavy (non-hydrogen) atoms. The fourth-order valence-corrected chi connectivity index (χ4v) is 5.32. The number of anilines is 1. The number of rotatable bonds is 11. The Morgan fingerprint density at radius 3 is 2.18 bits per heavy atom. The standard InChI is InChI=1S/C28H31Cl2N3O4S/c1-4-31-28(35)25(17-21-9-6-5-7-10-21)32(18-22-15-13-20(2)14-16-22)26(34)19-33(38(3,36)37)24-12-8-11-23(29)27(24)30/h5-16,25H,4,17-19H2,1-3H3,(H,31,35)/t25-/m0/s1. The predicted molar refractivity (Wildman–Crippen MR) is 153 cm³/mol. The summed E-state index contributed by atoms with van der Waals surface area (Å²) < 4.78 is 26.6. The minimum Gasteiger partial charge on any atom is -0.355 e. The number of hydrogen-bond acceptors (Lipinski definition) is 4. The maximum absolute atomic E-state index is 13.9. The van der Waals surface area contributed by atoms with Crippen molar-refractivity contribution in [3.63, 3.8) is 0 Å². The van der Waals surface area contributed by atoms with Crippen molar-refractivity contribution in [1.29, 1.82) is 0 Å². The quantitative estimate of drug-likeness (QED) is 0.354. The molecule has 0 heterocycles. The fraction of sp³-hybridized carbons (Fsp3) is 0.286. The lowest BCUT2D eigenvalue weighted by Crippen LogP contribution is -2.53. The summed E-state index contributed by atoms with van der Waals surface area (Å²) in [6.45, 7) is 3.68. The highest BCUT2D eigenvalue weighted by molar-refractivity contribution is 7.92. The van der Waals surface area contributed by atoms with E-state index < -0.39 is 28.5 Å². The Balaban J connectivity index is 2.06. The molecule has 0 aliphatic carbocycles. The van der Waals surface area contributed by atoms with E-state index in [1.54, 1.807) is 13.0 Å². The monoisotopic (exact) mass is 575 g/mol. The number of nitrogens with one attached hydrogen (secondary N) is 1. The fourth-order valence-electron chi connectivity index (χ4n) is 4.02. The molecule has 3 rings (SSSR count). The van der Waals surface area contributed by atoms with Gasteiger partial charge in [0.25, 0.3) is 0 Å². The van der Waals surface area contributed by atoms with Crippen LogP contribution < -0.4 is 9.62 Å². The van der Waals surface area contributed by atoms with Crippen molar-refractivity contribution in [3.05, 3.63) is 99.5 Å². The molecule has 0 unspecified atom stereocenters. The number of carbonyl (C=O) groups excluding carboxylic acids is 2. The topological polar surface area (TPSA) is 86.8 Å². The van der Waals surface area contributed by atoms with Crippen LogP contribution in [0.3, 0.4) is 0 Å². The molecule has 7 nitrogen and oxygen atoms in total. The summed E-state index contributed by atoms with van der Waals surface area (Å²) in [5.41, 5.74) is 2.80. The second-order valence-corrected chi connectivity index (χ2v) is 11.6. The molecule has 1 N–H and O–H groups in total. The largest absolute Gasteiger partial charge is 0.355 e. The molecular formula is C28H31Cl2N3O4S. The van der Waals surface area contributed by atoms with Gasteiger partial charge in [-0.2, -0.15) is 0 Å². The molecule has 0 aromatic heterocycles. The van der Waals surface area contributed by atoms with Crippen LogP contribution in [0.5, 0.6) is 0 Å². The molecule has 3 aromatic rings. The van der Waals surface area contributed by atoms with E-state index in [1.165, 1.54) is 17.0 Å². The number of amides is 2. The van der Waals surface area contributed by atoms with E-state index in [9.17, 15) is 18.0 Å². The summed E-state index contributed by atoms with van der Waals surface area (Å²) in [5, 5.41) is 3.00. The highest BCUT2D eigenvalue weighted by atomic mass is 35.5.